The van der Waals surface area contributed by atoms with Crippen molar-refractivity contribution in [2.45, 2.75) is 35.4 Å². The summed E-state index contributed by atoms with van der Waals surface area (Å²) in [6.07, 6.45) is -2.33. The van der Waals surface area contributed by atoms with Crippen LogP contribution in [0.1, 0.15) is 0 Å². The zero-order valence-corrected chi connectivity index (χ0v) is 35.1. The zero-order chi connectivity index (χ0) is 41.7. The molecule has 60 heavy (non-hydrogen) atoms. The van der Waals surface area contributed by atoms with E-state index in [2.05, 4.69) is 12.1 Å². The molecule has 0 saturated heterocycles. The molecule has 11 nitrogen and oxygen atoms in total. The van der Waals surface area contributed by atoms with E-state index in [9.17, 15) is 5.11 Å². The molecule has 5 rings (SSSR count). The number of rotatable bonds is 32. The third kappa shape index (κ3) is 19.2. The van der Waals surface area contributed by atoms with Gasteiger partial charge in [-0.2, -0.15) is 0 Å². The molecule has 0 aliphatic rings. The van der Waals surface area contributed by atoms with Crippen molar-refractivity contribution >= 4 is 11.8 Å². The molecular formula is C48H58O11S. The summed E-state index contributed by atoms with van der Waals surface area (Å²) in [7, 11) is 1.63. The van der Waals surface area contributed by atoms with Gasteiger partial charge in [0.2, 0.25) is 0 Å². The van der Waals surface area contributed by atoms with Crippen molar-refractivity contribution in [2.24, 2.45) is 0 Å². The van der Waals surface area contributed by atoms with E-state index in [-0.39, 0.29) is 59.0 Å². The third-order valence-electron chi connectivity index (χ3n) is 8.81. The van der Waals surface area contributed by atoms with Gasteiger partial charge in [0.15, 0.2) is 0 Å². The number of ether oxygens (including phenoxy) is 10. The highest BCUT2D eigenvalue weighted by Gasteiger charge is 2.22. The fourth-order valence-corrected chi connectivity index (χ4v) is 6.45. The number of aliphatic hydroxyl groups is 1. The first-order valence-electron chi connectivity index (χ1n) is 20.2. The van der Waals surface area contributed by atoms with Crippen molar-refractivity contribution in [1.82, 2.24) is 0 Å². The number of para-hydroxylation sites is 4. The molecule has 0 bridgehead atoms. The maximum absolute atomic E-state index is 10.5. The Balaban J connectivity index is 1.19. The summed E-state index contributed by atoms with van der Waals surface area (Å²) in [5, 5.41) is 10.5. The number of aliphatic hydroxyl groups excluding tert-OH is 1. The van der Waals surface area contributed by atoms with Crippen LogP contribution in [0.3, 0.4) is 0 Å². The topological polar surface area (TPSA) is 113 Å². The second-order valence-corrected chi connectivity index (χ2v) is 14.7. The molecule has 5 aromatic rings. The summed E-state index contributed by atoms with van der Waals surface area (Å²) in [5.74, 6) is 3.57. The highest BCUT2D eigenvalue weighted by Crippen LogP contribution is 2.21. The Labute approximate surface area is 358 Å². The summed E-state index contributed by atoms with van der Waals surface area (Å²) in [4.78, 5) is 1.14. The fraction of sp³-hybridized carbons (Fsp3) is 0.375. The van der Waals surface area contributed by atoms with E-state index in [1.807, 2.05) is 140 Å². The molecule has 5 atom stereocenters. The van der Waals surface area contributed by atoms with E-state index < -0.39 is 24.4 Å². The zero-order valence-electron chi connectivity index (χ0n) is 34.2. The van der Waals surface area contributed by atoms with E-state index in [0.717, 1.165) is 16.4 Å². The van der Waals surface area contributed by atoms with Crippen molar-refractivity contribution in [3.05, 3.63) is 152 Å². The van der Waals surface area contributed by atoms with E-state index in [0.29, 0.717) is 37.1 Å². The van der Waals surface area contributed by atoms with Crippen LogP contribution < -0.4 is 18.9 Å². The number of hydrogen-bond acceptors (Lipinski definition) is 12. The second kappa shape index (κ2) is 28.8. The van der Waals surface area contributed by atoms with Gasteiger partial charge in [0.25, 0.3) is 0 Å². The Hall–Kier alpha value is -4.63. The molecule has 0 saturated carbocycles. The smallest absolute Gasteiger partial charge is 0.119 e. The minimum Gasteiger partial charge on any atom is -0.491 e. The Kier molecular flexibility index (Phi) is 22.3. The average Bonchev–Trinajstić information content (AvgIpc) is 3.31. The van der Waals surface area contributed by atoms with Crippen molar-refractivity contribution in [3.8, 4) is 23.0 Å². The summed E-state index contributed by atoms with van der Waals surface area (Å²) in [5.41, 5.74) is 0. The first kappa shape index (κ1) is 46.4. The fourth-order valence-electron chi connectivity index (χ4n) is 5.53. The van der Waals surface area contributed by atoms with E-state index in [4.69, 9.17) is 47.4 Å². The lowest BCUT2D eigenvalue weighted by Crippen LogP contribution is -2.38. The van der Waals surface area contributed by atoms with Crippen LogP contribution in [0.15, 0.2) is 157 Å². The Morgan fingerprint density at radius 2 is 0.717 bits per heavy atom. The van der Waals surface area contributed by atoms with E-state index >= 15 is 0 Å². The van der Waals surface area contributed by atoms with Gasteiger partial charge in [-0.3, -0.25) is 0 Å². The molecule has 0 spiro atoms. The lowest BCUT2D eigenvalue weighted by Gasteiger charge is -2.26. The largest absolute Gasteiger partial charge is 0.491 e. The Bertz CT molecular complexity index is 1720. The van der Waals surface area contributed by atoms with Crippen LogP contribution in [-0.4, -0.2) is 121 Å². The number of methoxy groups -OCH3 is 1. The van der Waals surface area contributed by atoms with Crippen LogP contribution in [0.2, 0.25) is 0 Å². The van der Waals surface area contributed by atoms with Gasteiger partial charge in [0, 0.05) is 17.8 Å². The normalized spacial score (nSPS) is 13.8. The van der Waals surface area contributed by atoms with Gasteiger partial charge in [-0.15, -0.1) is 11.8 Å². The van der Waals surface area contributed by atoms with Gasteiger partial charge in [0.05, 0.1) is 46.2 Å². The molecule has 0 amide bonds. The Morgan fingerprint density at radius 1 is 0.383 bits per heavy atom. The SMILES string of the molecule is COCCOC(COc1ccccc1)COC(COc1ccccc1)COC(CO)COC(COc1ccccc1)COC(COc1ccccc1)CSc1ccccc1. The summed E-state index contributed by atoms with van der Waals surface area (Å²) in [6.45, 7) is 2.17. The predicted molar refractivity (Wildman–Crippen MR) is 233 cm³/mol. The van der Waals surface area contributed by atoms with Crippen LogP contribution in [0.4, 0.5) is 0 Å². The van der Waals surface area contributed by atoms with Crippen molar-refractivity contribution < 1.29 is 52.5 Å². The lowest BCUT2D eigenvalue weighted by atomic mass is 10.3. The molecule has 0 heterocycles. The van der Waals surface area contributed by atoms with Crippen LogP contribution >= 0.6 is 11.8 Å². The molecule has 0 aliphatic heterocycles. The van der Waals surface area contributed by atoms with Gasteiger partial charge >= 0.3 is 0 Å². The van der Waals surface area contributed by atoms with Crippen LogP contribution in [0, 0.1) is 0 Å². The lowest BCUT2D eigenvalue weighted by molar-refractivity contribution is -0.130. The molecule has 5 aromatic carbocycles. The van der Waals surface area contributed by atoms with Crippen molar-refractivity contribution in [1.29, 1.82) is 0 Å². The van der Waals surface area contributed by atoms with Crippen LogP contribution in [0.5, 0.6) is 23.0 Å². The van der Waals surface area contributed by atoms with Crippen LogP contribution in [0.25, 0.3) is 0 Å². The highest BCUT2D eigenvalue weighted by atomic mass is 32.2. The van der Waals surface area contributed by atoms with Crippen molar-refractivity contribution in [2.75, 3.05) is 85.5 Å². The standard InChI is InChI=1S/C48H58O11S/c1-50-27-28-51-44(31-52-39-17-7-2-8-18-39)32-58-45(33-53-40-19-9-3-10-20-40)35-56-43(29-49)30-57-46(34-54-41-21-11-4-12-22-41)36-59-47(37-55-42-23-13-5-14-24-42)38-60-48-25-15-6-16-26-48/h2-26,43-47,49H,27-38H2,1H3. The van der Waals surface area contributed by atoms with E-state index in [1.165, 1.54) is 0 Å². The molecular weight excluding hydrogens is 785 g/mol. The molecule has 0 fully saturated rings. The van der Waals surface area contributed by atoms with Gasteiger partial charge < -0.3 is 52.5 Å². The molecule has 1 N–H and O–H groups in total. The van der Waals surface area contributed by atoms with Gasteiger partial charge in [0.1, 0.15) is 79.9 Å². The monoisotopic (exact) mass is 842 g/mol. The molecule has 0 radical (unpaired) electrons. The number of hydrogen-bond donors (Lipinski definition) is 1. The maximum Gasteiger partial charge on any atom is 0.119 e. The first-order valence-corrected chi connectivity index (χ1v) is 21.2. The predicted octanol–water partition coefficient (Wildman–Crippen LogP) is 7.66. The van der Waals surface area contributed by atoms with Crippen molar-refractivity contribution in [3.63, 3.8) is 0 Å². The summed E-state index contributed by atoms with van der Waals surface area (Å²) < 4.78 is 61.0. The summed E-state index contributed by atoms with van der Waals surface area (Å²) in [6, 6.07) is 48.5. The third-order valence-corrected chi connectivity index (χ3v) is 9.96. The highest BCUT2D eigenvalue weighted by molar-refractivity contribution is 7.99. The second-order valence-electron chi connectivity index (χ2n) is 13.6. The molecule has 12 heteroatoms. The van der Waals surface area contributed by atoms with E-state index in [1.54, 1.807) is 18.9 Å². The Morgan fingerprint density at radius 3 is 1.12 bits per heavy atom. The molecule has 0 aromatic heterocycles. The first-order chi connectivity index (χ1) is 29.7. The molecule has 322 valence electrons. The number of thioether (sulfide) groups is 1. The van der Waals surface area contributed by atoms with Gasteiger partial charge in [-0.05, 0) is 60.7 Å². The maximum atomic E-state index is 10.5. The van der Waals surface area contributed by atoms with Gasteiger partial charge in [-0.1, -0.05) is 91.0 Å². The minimum atomic E-state index is -0.673. The molecule has 0 aliphatic carbocycles. The minimum absolute atomic E-state index is 0.0759. The number of benzene rings is 5. The quantitative estimate of drug-likeness (QED) is 0.0339. The van der Waals surface area contributed by atoms with Gasteiger partial charge in [-0.25, -0.2) is 0 Å². The average molecular weight is 843 g/mol. The van der Waals surface area contributed by atoms with Crippen LogP contribution in [-0.2, 0) is 28.4 Å². The molecule has 5 unspecified atom stereocenters. The summed E-state index contributed by atoms with van der Waals surface area (Å²) >= 11 is 1.70.